The summed E-state index contributed by atoms with van der Waals surface area (Å²) in [5.74, 6) is 2.44. The van der Waals surface area contributed by atoms with Gasteiger partial charge in [0.05, 0.1) is 24.8 Å². The summed E-state index contributed by atoms with van der Waals surface area (Å²) in [5.41, 5.74) is 5.59. The van der Waals surface area contributed by atoms with Gasteiger partial charge in [0.1, 0.15) is 12.1 Å². The van der Waals surface area contributed by atoms with Gasteiger partial charge in [-0.1, -0.05) is 12.1 Å². The lowest BCUT2D eigenvalue weighted by atomic mass is 9.91. The van der Waals surface area contributed by atoms with Gasteiger partial charge < -0.3 is 14.4 Å². The molecular formula is C27H25F2N5O2. The van der Waals surface area contributed by atoms with Crippen LogP contribution in [0.4, 0.5) is 14.6 Å². The predicted octanol–water partition coefficient (Wildman–Crippen LogP) is 5.27. The topological polar surface area (TPSA) is 64.8 Å². The second-order valence-electron chi connectivity index (χ2n) is 9.23. The maximum atomic E-state index is 13.3. The lowest BCUT2D eigenvalue weighted by molar-refractivity contribution is 0.150. The van der Waals surface area contributed by atoms with E-state index in [0.29, 0.717) is 42.4 Å². The molecule has 1 aromatic carbocycles. The summed E-state index contributed by atoms with van der Waals surface area (Å²) in [6, 6.07) is 9.05. The molecule has 6 rings (SSSR count). The molecule has 9 heteroatoms. The van der Waals surface area contributed by atoms with Crippen LogP contribution in [0.1, 0.15) is 40.3 Å². The van der Waals surface area contributed by atoms with Crippen molar-refractivity contribution >= 4 is 11.5 Å². The van der Waals surface area contributed by atoms with Gasteiger partial charge in [-0.15, -0.1) is 16.8 Å². The number of hydrogen-bond donors (Lipinski definition) is 0. The Bertz CT molecular complexity index is 1500. The molecule has 0 saturated heterocycles. The quantitative estimate of drug-likeness (QED) is 0.364. The summed E-state index contributed by atoms with van der Waals surface area (Å²) in [5, 5.41) is 8.50. The Balaban J connectivity index is 1.51. The van der Waals surface area contributed by atoms with Crippen molar-refractivity contribution < 1.29 is 18.3 Å². The van der Waals surface area contributed by atoms with E-state index in [1.165, 1.54) is 22.8 Å². The highest BCUT2D eigenvalue weighted by Crippen LogP contribution is 2.43. The SMILES string of the molecule is C=CCc1ccc2c3c1CN(C)c1c(cc(-c4ccc(C(F)F)c(C)n4)c4nncn14)OC[C@H]3CO2. The van der Waals surface area contributed by atoms with E-state index in [1.807, 2.05) is 29.7 Å². The molecular weight excluding hydrogens is 464 g/mol. The molecule has 1 atom stereocenters. The number of benzene rings is 1. The highest BCUT2D eigenvalue weighted by Gasteiger charge is 2.32. The third kappa shape index (κ3) is 3.49. The molecule has 0 N–H and O–H groups in total. The third-order valence-electron chi connectivity index (χ3n) is 6.97. The van der Waals surface area contributed by atoms with Crippen molar-refractivity contribution in [3.63, 3.8) is 0 Å². The Hall–Kier alpha value is -4.01. The Morgan fingerprint density at radius 3 is 2.72 bits per heavy atom. The number of fused-ring (bicyclic) bond motifs is 3. The van der Waals surface area contributed by atoms with Gasteiger partial charge in [0.25, 0.3) is 6.43 Å². The smallest absolute Gasteiger partial charge is 0.265 e. The minimum absolute atomic E-state index is 0.0833. The number of pyridine rings is 2. The van der Waals surface area contributed by atoms with E-state index in [2.05, 4.69) is 32.7 Å². The largest absolute Gasteiger partial charge is 0.493 e. The lowest BCUT2D eigenvalue weighted by Gasteiger charge is -2.25. The average Bonchev–Trinajstić information content (AvgIpc) is 3.50. The van der Waals surface area contributed by atoms with Crippen LogP contribution >= 0.6 is 0 Å². The van der Waals surface area contributed by atoms with Crippen LogP contribution in [-0.2, 0) is 13.0 Å². The number of rotatable bonds is 4. The van der Waals surface area contributed by atoms with Crippen molar-refractivity contribution in [3.05, 3.63) is 77.3 Å². The second kappa shape index (κ2) is 8.58. The monoisotopic (exact) mass is 489 g/mol. The summed E-state index contributed by atoms with van der Waals surface area (Å²) in [6.07, 6.45) is 1.74. The number of nitrogens with zero attached hydrogens (tertiary/aromatic N) is 5. The van der Waals surface area contributed by atoms with Crippen LogP contribution in [0.2, 0.25) is 0 Å². The first-order valence-corrected chi connectivity index (χ1v) is 11.8. The summed E-state index contributed by atoms with van der Waals surface area (Å²) in [7, 11) is 2.01. The number of alkyl halides is 2. The van der Waals surface area contributed by atoms with Crippen LogP contribution in [0.3, 0.4) is 0 Å². The Kier molecular flexibility index (Phi) is 5.35. The molecule has 7 nitrogen and oxygen atoms in total. The summed E-state index contributed by atoms with van der Waals surface area (Å²) >= 11 is 0. The van der Waals surface area contributed by atoms with E-state index in [4.69, 9.17) is 9.47 Å². The molecule has 0 radical (unpaired) electrons. The lowest BCUT2D eigenvalue weighted by Crippen LogP contribution is -2.21. The molecule has 2 aliphatic heterocycles. The number of anilines is 1. The summed E-state index contributed by atoms with van der Waals surface area (Å²) in [4.78, 5) is 6.59. The Morgan fingerprint density at radius 1 is 1.17 bits per heavy atom. The van der Waals surface area contributed by atoms with E-state index in [0.717, 1.165) is 18.0 Å². The molecule has 0 saturated carbocycles. The molecule has 0 bridgehead atoms. The third-order valence-corrected chi connectivity index (χ3v) is 6.97. The first-order chi connectivity index (χ1) is 17.5. The zero-order valence-corrected chi connectivity index (χ0v) is 20.0. The van der Waals surface area contributed by atoms with Gasteiger partial charge in [0, 0.05) is 36.0 Å². The van der Waals surface area contributed by atoms with Crippen molar-refractivity contribution in [1.82, 2.24) is 19.6 Å². The van der Waals surface area contributed by atoms with Crippen LogP contribution in [0.5, 0.6) is 11.5 Å². The molecule has 184 valence electrons. The fourth-order valence-electron chi connectivity index (χ4n) is 5.27. The number of hydrogen-bond acceptors (Lipinski definition) is 6. The highest BCUT2D eigenvalue weighted by atomic mass is 19.3. The van der Waals surface area contributed by atoms with Gasteiger partial charge in [0.15, 0.2) is 17.2 Å². The van der Waals surface area contributed by atoms with Gasteiger partial charge in [-0.05, 0) is 48.7 Å². The van der Waals surface area contributed by atoms with Gasteiger partial charge in [-0.3, -0.25) is 9.38 Å². The molecule has 0 unspecified atom stereocenters. The van der Waals surface area contributed by atoms with Crippen LogP contribution in [0.15, 0.2) is 49.3 Å². The Morgan fingerprint density at radius 2 is 1.97 bits per heavy atom. The molecule has 2 aliphatic rings. The zero-order valence-electron chi connectivity index (χ0n) is 20.0. The van der Waals surface area contributed by atoms with Crippen LogP contribution < -0.4 is 14.4 Å². The van der Waals surface area contributed by atoms with Gasteiger partial charge in [0.2, 0.25) is 0 Å². The van der Waals surface area contributed by atoms with Crippen molar-refractivity contribution in [1.29, 1.82) is 0 Å². The highest BCUT2D eigenvalue weighted by molar-refractivity contribution is 5.80. The first-order valence-electron chi connectivity index (χ1n) is 11.8. The van der Waals surface area contributed by atoms with Crippen molar-refractivity contribution in [2.75, 3.05) is 25.2 Å². The maximum Gasteiger partial charge on any atom is 0.265 e. The zero-order chi connectivity index (χ0) is 25.0. The number of aromatic nitrogens is 4. The van der Waals surface area contributed by atoms with Gasteiger partial charge >= 0.3 is 0 Å². The average molecular weight is 490 g/mol. The first kappa shape index (κ1) is 22.5. The van der Waals surface area contributed by atoms with E-state index < -0.39 is 6.43 Å². The number of ether oxygens (including phenoxy) is 2. The minimum Gasteiger partial charge on any atom is -0.493 e. The van der Waals surface area contributed by atoms with E-state index in [-0.39, 0.29) is 17.2 Å². The van der Waals surface area contributed by atoms with Crippen molar-refractivity contribution in [2.24, 2.45) is 0 Å². The molecule has 0 spiro atoms. The maximum absolute atomic E-state index is 13.3. The van der Waals surface area contributed by atoms with Gasteiger partial charge in [-0.25, -0.2) is 8.78 Å². The number of aryl methyl sites for hydroxylation is 1. The van der Waals surface area contributed by atoms with Gasteiger partial charge in [-0.2, -0.15) is 0 Å². The van der Waals surface area contributed by atoms with E-state index in [9.17, 15) is 8.78 Å². The molecule has 5 heterocycles. The van der Waals surface area contributed by atoms with E-state index >= 15 is 0 Å². The van der Waals surface area contributed by atoms with Crippen LogP contribution in [0.25, 0.3) is 16.9 Å². The van der Waals surface area contributed by atoms with Crippen LogP contribution in [-0.4, -0.2) is 39.8 Å². The second-order valence-corrected chi connectivity index (χ2v) is 9.23. The summed E-state index contributed by atoms with van der Waals surface area (Å²) in [6.45, 7) is 7.14. The standard InChI is InChI=1S/C27H25F2N5O2/c1-4-5-16-6-9-22-24-17(12-35-22)13-36-23-10-19(21-8-7-18(25(28)29)15(2)31-21)26-32-30-14-34(26)27(23)33(3)11-20(16)24/h4,6-10,14,17,25H,1,5,11-13H2,2-3H3/t17-/m1/s1. The fourth-order valence-corrected chi connectivity index (χ4v) is 5.27. The van der Waals surface area contributed by atoms with Crippen LogP contribution in [0, 0.1) is 6.92 Å². The number of allylic oxidation sites excluding steroid dienone is 1. The molecule has 0 amide bonds. The molecule has 36 heavy (non-hydrogen) atoms. The van der Waals surface area contributed by atoms with Crippen molar-refractivity contribution in [3.8, 4) is 22.8 Å². The van der Waals surface area contributed by atoms with Crippen molar-refractivity contribution in [2.45, 2.75) is 32.2 Å². The fraction of sp³-hybridized carbons (Fsp3) is 0.296. The summed E-state index contributed by atoms with van der Waals surface area (Å²) < 4.78 is 40.9. The minimum atomic E-state index is -2.58. The number of halogens is 2. The molecule has 0 fully saturated rings. The predicted molar refractivity (Wildman–Crippen MR) is 132 cm³/mol. The molecule has 4 aromatic rings. The van der Waals surface area contributed by atoms with E-state index in [1.54, 1.807) is 19.3 Å². The Labute approximate surface area is 207 Å². The molecule has 0 aliphatic carbocycles. The molecule has 3 aromatic heterocycles. The normalized spacial score (nSPS) is 16.6.